The van der Waals surface area contributed by atoms with Crippen LogP contribution >= 0.6 is 24.0 Å². The standard InChI is InChI=1S/C21H29FN4O2.HI/c1-13(2)19-10-17(28-26-19)11-24-21(23-4)25-14(3)16-7-8-20(18(22)9-16)27-12-15-5-6-15;/h7-10,13-15H,5-6,11-12H2,1-4H3,(H2,23,24,25);1H. The molecule has 1 aliphatic rings. The van der Waals surface area contributed by atoms with Crippen LogP contribution in [0.25, 0.3) is 0 Å². The van der Waals surface area contributed by atoms with Gasteiger partial charge in [-0.15, -0.1) is 24.0 Å². The number of hydrogen-bond donors (Lipinski definition) is 2. The molecule has 1 saturated carbocycles. The lowest BCUT2D eigenvalue weighted by atomic mass is 10.1. The van der Waals surface area contributed by atoms with Gasteiger partial charge in [0.15, 0.2) is 23.3 Å². The van der Waals surface area contributed by atoms with Gasteiger partial charge >= 0.3 is 0 Å². The summed E-state index contributed by atoms with van der Waals surface area (Å²) in [5, 5.41) is 10.5. The number of nitrogens with one attached hydrogen (secondary N) is 2. The fourth-order valence-corrected chi connectivity index (χ4v) is 2.73. The van der Waals surface area contributed by atoms with Crippen LogP contribution in [0.2, 0.25) is 0 Å². The number of ether oxygens (including phenoxy) is 1. The first-order valence-corrected chi connectivity index (χ1v) is 9.81. The van der Waals surface area contributed by atoms with Crippen LogP contribution in [0.15, 0.2) is 33.8 Å². The molecule has 0 bridgehead atoms. The first-order chi connectivity index (χ1) is 13.5. The summed E-state index contributed by atoms with van der Waals surface area (Å²) >= 11 is 0. The van der Waals surface area contributed by atoms with Gasteiger partial charge in [-0.1, -0.05) is 25.1 Å². The zero-order chi connectivity index (χ0) is 20.1. The average Bonchev–Trinajstić information content (AvgIpc) is 3.38. The third-order valence-electron chi connectivity index (χ3n) is 4.80. The summed E-state index contributed by atoms with van der Waals surface area (Å²) in [6.07, 6.45) is 2.36. The number of aromatic nitrogens is 1. The van der Waals surface area contributed by atoms with E-state index in [2.05, 4.69) is 34.6 Å². The van der Waals surface area contributed by atoms with E-state index in [0.29, 0.717) is 36.7 Å². The molecule has 6 nitrogen and oxygen atoms in total. The molecule has 0 spiro atoms. The van der Waals surface area contributed by atoms with Gasteiger partial charge in [0, 0.05) is 13.1 Å². The Bertz CT molecular complexity index is 821. The van der Waals surface area contributed by atoms with Crippen molar-refractivity contribution in [3.8, 4) is 5.75 Å². The van der Waals surface area contributed by atoms with Crippen molar-refractivity contribution in [1.29, 1.82) is 0 Å². The lowest BCUT2D eigenvalue weighted by Gasteiger charge is -2.18. The van der Waals surface area contributed by atoms with Crippen molar-refractivity contribution in [3.05, 3.63) is 47.1 Å². The van der Waals surface area contributed by atoms with Crippen LogP contribution in [0.4, 0.5) is 4.39 Å². The molecular weight excluding hydrogens is 486 g/mol. The van der Waals surface area contributed by atoms with Crippen molar-refractivity contribution < 1.29 is 13.7 Å². The predicted octanol–water partition coefficient (Wildman–Crippen LogP) is 4.77. The van der Waals surface area contributed by atoms with Crippen molar-refractivity contribution in [1.82, 2.24) is 15.8 Å². The third kappa shape index (κ3) is 6.87. The lowest BCUT2D eigenvalue weighted by Crippen LogP contribution is -2.38. The second-order valence-corrected chi connectivity index (χ2v) is 7.61. The average molecular weight is 516 g/mol. The summed E-state index contributed by atoms with van der Waals surface area (Å²) in [4.78, 5) is 4.22. The Morgan fingerprint density at radius 3 is 2.66 bits per heavy atom. The van der Waals surface area contributed by atoms with E-state index in [1.54, 1.807) is 13.1 Å². The first kappa shape index (κ1) is 23.4. The molecule has 1 aromatic carbocycles. The highest BCUT2D eigenvalue weighted by Gasteiger charge is 2.22. The number of benzene rings is 1. The number of aliphatic imine (C=N–C) groups is 1. The van der Waals surface area contributed by atoms with Crippen molar-refractivity contribution in [2.75, 3.05) is 13.7 Å². The SMILES string of the molecule is CN=C(NCc1cc(C(C)C)no1)NC(C)c1ccc(OCC2CC2)c(F)c1.I. The maximum atomic E-state index is 14.3. The van der Waals surface area contributed by atoms with Gasteiger partial charge in [0.1, 0.15) is 0 Å². The number of nitrogens with zero attached hydrogens (tertiary/aromatic N) is 2. The van der Waals surface area contributed by atoms with Crippen LogP contribution in [-0.4, -0.2) is 24.8 Å². The molecule has 8 heteroatoms. The van der Waals surface area contributed by atoms with Crippen LogP contribution in [-0.2, 0) is 6.54 Å². The van der Waals surface area contributed by atoms with Crippen molar-refractivity contribution in [2.45, 2.75) is 52.1 Å². The van der Waals surface area contributed by atoms with Crippen molar-refractivity contribution >= 4 is 29.9 Å². The van der Waals surface area contributed by atoms with E-state index in [9.17, 15) is 4.39 Å². The molecule has 29 heavy (non-hydrogen) atoms. The predicted molar refractivity (Wildman–Crippen MR) is 122 cm³/mol. The summed E-state index contributed by atoms with van der Waals surface area (Å²) in [6, 6.07) is 6.90. The van der Waals surface area contributed by atoms with Crippen LogP contribution < -0.4 is 15.4 Å². The number of halogens is 2. The molecule has 1 atom stereocenters. The van der Waals surface area contributed by atoms with Crippen LogP contribution in [0.3, 0.4) is 0 Å². The van der Waals surface area contributed by atoms with Gasteiger partial charge in [0.25, 0.3) is 0 Å². The molecule has 0 aliphatic heterocycles. The van der Waals surface area contributed by atoms with Gasteiger partial charge in [-0.3, -0.25) is 4.99 Å². The summed E-state index contributed by atoms with van der Waals surface area (Å²) in [7, 11) is 1.69. The quantitative estimate of drug-likeness (QED) is 0.301. The normalized spacial score (nSPS) is 15.0. The lowest BCUT2D eigenvalue weighted by molar-refractivity contribution is 0.285. The zero-order valence-corrected chi connectivity index (χ0v) is 19.7. The second-order valence-electron chi connectivity index (χ2n) is 7.61. The Hall–Kier alpha value is -1.84. The zero-order valence-electron chi connectivity index (χ0n) is 17.4. The van der Waals surface area contributed by atoms with Crippen LogP contribution in [0.1, 0.15) is 62.6 Å². The Kier molecular flexibility index (Phi) is 8.73. The van der Waals surface area contributed by atoms with Crippen LogP contribution in [0, 0.1) is 11.7 Å². The summed E-state index contributed by atoms with van der Waals surface area (Å²) < 4.78 is 25.2. The van der Waals surface area contributed by atoms with Crippen molar-refractivity contribution in [3.63, 3.8) is 0 Å². The Balaban J connectivity index is 0.00000300. The number of rotatable bonds is 8. The van der Waals surface area contributed by atoms with Crippen LogP contribution in [0.5, 0.6) is 5.75 Å². The molecule has 3 rings (SSSR count). The molecule has 0 amide bonds. The minimum Gasteiger partial charge on any atom is -0.490 e. The van der Waals surface area contributed by atoms with Gasteiger partial charge < -0.3 is 19.9 Å². The fraction of sp³-hybridized carbons (Fsp3) is 0.524. The molecular formula is C21H30FIN4O2. The van der Waals surface area contributed by atoms with E-state index in [1.165, 1.54) is 18.9 Å². The minimum absolute atomic E-state index is 0. The smallest absolute Gasteiger partial charge is 0.191 e. The highest BCUT2D eigenvalue weighted by atomic mass is 127. The summed E-state index contributed by atoms with van der Waals surface area (Å²) in [6.45, 7) is 7.16. The van der Waals surface area contributed by atoms with Gasteiger partial charge in [-0.2, -0.15) is 0 Å². The van der Waals surface area contributed by atoms with E-state index < -0.39 is 0 Å². The van der Waals surface area contributed by atoms with E-state index in [1.807, 2.05) is 19.1 Å². The molecule has 1 aliphatic carbocycles. The molecule has 1 heterocycles. The molecule has 1 unspecified atom stereocenters. The largest absolute Gasteiger partial charge is 0.490 e. The highest BCUT2D eigenvalue weighted by Crippen LogP contribution is 2.30. The highest BCUT2D eigenvalue weighted by molar-refractivity contribution is 14.0. The third-order valence-corrected chi connectivity index (χ3v) is 4.80. The van der Waals surface area contributed by atoms with E-state index >= 15 is 0 Å². The molecule has 0 saturated heterocycles. The molecule has 1 fully saturated rings. The second kappa shape index (κ2) is 10.8. The van der Waals surface area contributed by atoms with Gasteiger partial charge in [0.2, 0.25) is 0 Å². The maximum absolute atomic E-state index is 14.3. The van der Waals surface area contributed by atoms with Crippen molar-refractivity contribution in [2.24, 2.45) is 10.9 Å². The number of guanidine groups is 1. The summed E-state index contributed by atoms with van der Waals surface area (Å²) in [5.41, 5.74) is 1.74. The first-order valence-electron chi connectivity index (χ1n) is 9.81. The molecule has 160 valence electrons. The van der Waals surface area contributed by atoms with E-state index in [-0.39, 0.29) is 35.8 Å². The molecule has 2 aromatic rings. The van der Waals surface area contributed by atoms with Gasteiger partial charge in [-0.05, 0) is 49.3 Å². The molecule has 2 N–H and O–H groups in total. The fourth-order valence-electron chi connectivity index (χ4n) is 2.73. The minimum atomic E-state index is -0.336. The van der Waals surface area contributed by atoms with Gasteiger partial charge in [0.05, 0.1) is 24.9 Å². The Morgan fingerprint density at radius 1 is 1.31 bits per heavy atom. The Labute approximate surface area is 188 Å². The topological polar surface area (TPSA) is 71.7 Å². The Morgan fingerprint density at radius 2 is 2.07 bits per heavy atom. The monoisotopic (exact) mass is 516 g/mol. The maximum Gasteiger partial charge on any atom is 0.191 e. The number of hydrogen-bond acceptors (Lipinski definition) is 4. The van der Waals surface area contributed by atoms with E-state index in [0.717, 1.165) is 17.0 Å². The van der Waals surface area contributed by atoms with E-state index in [4.69, 9.17) is 9.26 Å². The van der Waals surface area contributed by atoms with Gasteiger partial charge in [-0.25, -0.2) is 4.39 Å². The summed E-state index contributed by atoms with van der Waals surface area (Å²) in [5.74, 6) is 2.23. The molecule has 0 radical (unpaired) electrons. The molecule has 1 aromatic heterocycles.